The molecule has 2 aromatic carbocycles. The molecule has 5 heteroatoms. The second-order valence-corrected chi connectivity index (χ2v) is 5.38. The summed E-state index contributed by atoms with van der Waals surface area (Å²) < 4.78 is 5.72. The number of nitrogens with one attached hydrogen (secondary N) is 1. The van der Waals surface area contributed by atoms with Crippen LogP contribution >= 0.6 is 12.4 Å². The van der Waals surface area contributed by atoms with Crippen molar-refractivity contribution in [1.82, 2.24) is 5.32 Å². The highest BCUT2D eigenvalue weighted by molar-refractivity contribution is 5.85. The Kier molecular flexibility index (Phi) is 8.16. The average Bonchev–Trinajstić information content (AvgIpc) is 2.52. The Hall–Kier alpha value is -2.04. The summed E-state index contributed by atoms with van der Waals surface area (Å²) in [6, 6.07) is 17.6. The third kappa shape index (κ3) is 7.17. The van der Waals surface area contributed by atoms with Crippen molar-refractivity contribution < 1.29 is 9.53 Å². The fourth-order valence-electron chi connectivity index (χ4n) is 2.01. The van der Waals surface area contributed by atoms with Gasteiger partial charge in [0.1, 0.15) is 12.4 Å². The van der Waals surface area contributed by atoms with Gasteiger partial charge in [0.05, 0.1) is 0 Å². The highest BCUT2D eigenvalue weighted by atomic mass is 35.5. The van der Waals surface area contributed by atoms with E-state index in [2.05, 4.69) is 5.32 Å². The highest BCUT2D eigenvalue weighted by Crippen LogP contribution is 2.14. The van der Waals surface area contributed by atoms with Gasteiger partial charge in [-0.15, -0.1) is 12.4 Å². The Balaban J connectivity index is 0.00000264. The van der Waals surface area contributed by atoms with Crippen molar-refractivity contribution in [2.75, 3.05) is 0 Å². The van der Waals surface area contributed by atoms with E-state index in [4.69, 9.17) is 10.5 Å². The van der Waals surface area contributed by atoms with Gasteiger partial charge in [0.2, 0.25) is 5.91 Å². The molecule has 4 nitrogen and oxygen atoms in total. The summed E-state index contributed by atoms with van der Waals surface area (Å²) in [5.41, 5.74) is 7.75. The number of benzene rings is 2. The molecule has 23 heavy (non-hydrogen) atoms. The van der Waals surface area contributed by atoms with E-state index in [1.165, 1.54) is 0 Å². The van der Waals surface area contributed by atoms with Gasteiger partial charge in [0.25, 0.3) is 0 Å². The van der Waals surface area contributed by atoms with Crippen LogP contribution in [-0.2, 0) is 17.9 Å². The molecule has 1 atom stereocenters. The maximum absolute atomic E-state index is 11.5. The number of rotatable bonds is 7. The van der Waals surface area contributed by atoms with Crippen LogP contribution in [0.1, 0.15) is 24.5 Å². The molecule has 0 fully saturated rings. The number of hydrogen-bond donors (Lipinski definition) is 2. The molecule has 0 aliphatic carbocycles. The molecule has 0 radical (unpaired) electrons. The average molecular weight is 335 g/mol. The highest BCUT2D eigenvalue weighted by Gasteiger charge is 2.04. The number of halogens is 1. The van der Waals surface area contributed by atoms with Crippen LogP contribution in [0, 0.1) is 0 Å². The van der Waals surface area contributed by atoms with Gasteiger partial charge in [0.15, 0.2) is 0 Å². The Morgan fingerprint density at radius 2 is 1.74 bits per heavy atom. The third-order valence-electron chi connectivity index (χ3n) is 3.17. The minimum atomic E-state index is -0.117. The van der Waals surface area contributed by atoms with Gasteiger partial charge < -0.3 is 15.8 Å². The summed E-state index contributed by atoms with van der Waals surface area (Å²) in [5, 5.41) is 2.85. The lowest BCUT2D eigenvalue weighted by Gasteiger charge is -2.09. The summed E-state index contributed by atoms with van der Waals surface area (Å²) >= 11 is 0. The molecule has 2 rings (SSSR count). The Bertz CT molecular complexity index is 586. The molecule has 0 aliphatic rings. The lowest BCUT2D eigenvalue weighted by Crippen LogP contribution is -2.29. The van der Waals surface area contributed by atoms with E-state index in [-0.39, 0.29) is 24.4 Å². The smallest absolute Gasteiger partial charge is 0.221 e. The normalized spacial score (nSPS) is 11.2. The Morgan fingerprint density at radius 3 is 2.35 bits per heavy atom. The molecule has 0 aromatic heterocycles. The zero-order valence-corrected chi connectivity index (χ0v) is 14.0. The third-order valence-corrected chi connectivity index (χ3v) is 3.17. The van der Waals surface area contributed by atoms with Crippen molar-refractivity contribution in [3.63, 3.8) is 0 Å². The first-order valence-corrected chi connectivity index (χ1v) is 7.41. The Labute approximate surface area is 143 Å². The van der Waals surface area contributed by atoms with E-state index in [9.17, 15) is 4.79 Å². The molecule has 3 N–H and O–H groups in total. The number of amides is 1. The van der Waals surface area contributed by atoms with Crippen molar-refractivity contribution in [3.05, 3.63) is 65.7 Å². The fraction of sp³-hybridized carbons (Fsp3) is 0.278. The van der Waals surface area contributed by atoms with E-state index in [0.717, 1.165) is 16.9 Å². The standard InChI is InChI=1S/C18H22N2O2.ClH/c1-14(19)11-18(21)20-12-15-7-9-17(10-8-15)22-13-16-5-3-2-4-6-16;/h2-10,14H,11-13,19H2,1H3,(H,20,21);1H. The van der Waals surface area contributed by atoms with Crippen molar-refractivity contribution in [3.8, 4) is 5.75 Å². The number of carbonyl (C=O) groups is 1. The minimum Gasteiger partial charge on any atom is -0.489 e. The largest absolute Gasteiger partial charge is 0.489 e. The van der Waals surface area contributed by atoms with Gasteiger partial charge in [-0.25, -0.2) is 0 Å². The first-order chi connectivity index (χ1) is 10.6. The van der Waals surface area contributed by atoms with E-state index in [1.807, 2.05) is 61.5 Å². The Morgan fingerprint density at radius 1 is 1.09 bits per heavy atom. The molecule has 0 heterocycles. The summed E-state index contributed by atoms with van der Waals surface area (Å²) in [7, 11) is 0. The molecular formula is C18H23ClN2O2. The quantitative estimate of drug-likeness (QED) is 0.818. The van der Waals surface area contributed by atoms with Gasteiger partial charge in [0, 0.05) is 19.0 Å². The maximum atomic E-state index is 11.5. The monoisotopic (exact) mass is 334 g/mol. The number of hydrogen-bond acceptors (Lipinski definition) is 3. The van der Waals surface area contributed by atoms with Crippen LogP contribution in [0.15, 0.2) is 54.6 Å². The van der Waals surface area contributed by atoms with Crippen LogP contribution in [-0.4, -0.2) is 11.9 Å². The first kappa shape index (κ1) is 19.0. The second-order valence-electron chi connectivity index (χ2n) is 5.38. The van der Waals surface area contributed by atoms with Gasteiger partial charge >= 0.3 is 0 Å². The fourth-order valence-corrected chi connectivity index (χ4v) is 2.01. The zero-order valence-electron chi connectivity index (χ0n) is 13.2. The molecular weight excluding hydrogens is 312 g/mol. The summed E-state index contributed by atoms with van der Waals surface area (Å²) in [4.78, 5) is 11.5. The summed E-state index contributed by atoms with van der Waals surface area (Å²) in [5.74, 6) is 0.786. The lowest BCUT2D eigenvalue weighted by molar-refractivity contribution is -0.121. The van der Waals surface area contributed by atoms with Gasteiger partial charge in [-0.1, -0.05) is 42.5 Å². The van der Waals surface area contributed by atoms with E-state index >= 15 is 0 Å². The number of carbonyl (C=O) groups excluding carboxylic acids is 1. The molecule has 0 aliphatic heterocycles. The number of nitrogens with two attached hydrogens (primary N) is 1. The predicted octanol–water partition coefficient (Wildman–Crippen LogP) is 3.04. The van der Waals surface area contributed by atoms with Crippen molar-refractivity contribution in [2.24, 2.45) is 5.73 Å². The first-order valence-electron chi connectivity index (χ1n) is 7.41. The van der Waals surface area contributed by atoms with E-state index in [0.29, 0.717) is 19.6 Å². The molecule has 0 bridgehead atoms. The van der Waals surface area contributed by atoms with Gasteiger partial charge in [-0.3, -0.25) is 4.79 Å². The summed E-state index contributed by atoms with van der Waals surface area (Å²) in [6.45, 7) is 2.87. The van der Waals surface area contributed by atoms with E-state index < -0.39 is 0 Å². The minimum absolute atomic E-state index is 0. The van der Waals surface area contributed by atoms with Crippen LogP contribution in [0.2, 0.25) is 0 Å². The van der Waals surface area contributed by atoms with E-state index in [1.54, 1.807) is 0 Å². The van der Waals surface area contributed by atoms with Crippen LogP contribution < -0.4 is 15.8 Å². The molecule has 124 valence electrons. The van der Waals surface area contributed by atoms with Crippen LogP contribution in [0.5, 0.6) is 5.75 Å². The molecule has 2 aromatic rings. The molecule has 1 amide bonds. The topological polar surface area (TPSA) is 64.4 Å². The molecule has 0 saturated carbocycles. The van der Waals surface area contributed by atoms with Gasteiger partial charge in [-0.05, 0) is 30.2 Å². The van der Waals surface area contributed by atoms with Gasteiger partial charge in [-0.2, -0.15) is 0 Å². The summed E-state index contributed by atoms with van der Waals surface area (Å²) in [6.07, 6.45) is 0.346. The van der Waals surface area contributed by atoms with Crippen LogP contribution in [0.3, 0.4) is 0 Å². The van der Waals surface area contributed by atoms with Crippen LogP contribution in [0.25, 0.3) is 0 Å². The lowest BCUT2D eigenvalue weighted by atomic mass is 10.2. The van der Waals surface area contributed by atoms with Crippen molar-refractivity contribution >= 4 is 18.3 Å². The predicted molar refractivity (Wildman–Crippen MR) is 94.6 cm³/mol. The maximum Gasteiger partial charge on any atom is 0.221 e. The zero-order chi connectivity index (χ0) is 15.8. The van der Waals surface area contributed by atoms with Crippen LogP contribution in [0.4, 0.5) is 0 Å². The second kappa shape index (κ2) is 9.87. The molecule has 0 saturated heterocycles. The number of ether oxygens (including phenoxy) is 1. The molecule has 0 spiro atoms. The molecule has 1 unspecified atom stereocenters. The van der Waals surface area contributed by atoms with Crippen molar-refractivity contribution in [2.45, 2.75) is 32.5 Å². The van der Waals surface area contributed by atoms with Crippen molar-refractivity contribution in [1.29, 1.82) is 0 Å². The SMILES string of the molecule is CC(N)CC(=O)NCc1ccc(OCc2ccccc2)cc1.Cl.